The molecule has 2 N–H and O–H groups in total. The molecule has 1 atom stereocenters. The Balaban J connectivity index is 1.76. The van der Waals surface area contributed by atoms with Gasteiger partial charge < -0.3 is 19.8 Å². The molecule has 0 aliphatic heterocycles. The summed E-state index contributed by atoms with van der Waals surface area (Å²) in [6.45, 7) is 6.85. The van der Waals surface area contributed by atoms with E-state index in [0.29, 0.717) is 19.0 Å². The molecule has 0 bridgehead atoms. The largest absolute Gasteiger partial charge is 0.454 e. The molecule has 118 valence electrons. The Morgan fingerprint density at radius 2 is 2.19 bits per heavy atom. The maximum absolute atomic E-state index is 11.7. The second-order valence-electron chi connectivity index (χ2n) is 6.41. The van der Waals surface area contributed by atoms with Crippen molar-refractivity contribution in [2.45, 2.75) is 51.8 Å². The maximum Gasteiger partial charge on any atom is 0.407 e. The number of alkyl carbamates (subject to hydrolysis) is 1. The van der Waals surface area contributed by atoms with Crippen LogP contribution in [0, 0.1) is 9.68 Å². The van der Waals surface area contributed by atoms with Crippen LogP contribution in [0.4, 0.5) is 4.79 Å². The van der Waals surface area contributed by atoms with Gasteiger partial charge in [0, 0.05) is 12.6 Å². The number of ether oxygens (including phenoxy) is 1. The number of nitrogens with one attached hydrogen (secondary N) is 2. The molecule has 0 saturated heterocycles. The minimum atomic E-state index is -0.461. The van der Waals surface area contributed by atoms with Crippen LogP contribution >= 0.6 is 22.6 Å². The summed E-state index contributed by atoms with van der Waals surface area (Å²) in [5.74, 6) is 1.55. The molecule has 6 heteroatoms. The highest BCUT2D eigenvalue weighted by Gasteiger charge is 2.31. The highest BCUT2D eigenvalue weighted by molar-refractivity contribution is 14.1. The predicted octanol–water partition coefficient (Wildman–Crippen LogP) is 3.28. The predicted molar refractivity (Wildman–Crippen MR) is 89.0 cm³/mol. The lowest BCUT2D eigenvalue weighted by Gasteiger charge is -2.22. The van der Waals surface area contributed by atoms with Crippen LogP contribution in [0.1, 0.15) is 39.4 Å². The number of amides is 1. The van der Waals surface area contributed by atoms with Crippen LogP contribution in [-0.4, -0.2) is 24.3 Å². The standard InChI is InChI=1S/C15H23IN2O3/c1-15(2,3)21-14(19)18-9-12(10-4-5-10)17-8-11-6-7-13(16)20-11/h6-7,10,12,17H,4-5,8-9H2,1-3H3,(H,18,19). The van der Waals surface area contributed by atoms with E-state index in [1.807, 2.05) is 32.9 Å². The second-order valence-corrected chi connectivity index (χ2v) is 7.48. The highest BCUT2D eigenvalue weighted by atomic mass is 127. The van der Waals surface area contributed by atoms with Gasteiger partial charge in [0.05, 0.1) is 6.54 Å². The van der Waals surface area contributed by atoms with Crippen molar-refractivity contribution in [2.75, 3.05) is 6.54 Å². The van der Waals surface area contributed by atoms with E-state index in [1.165, 1.54) is 12.8 Å². The van der Waals surface area contributed by atoms with Gasteiger partial charge in [-0.25, -0.2) is 4.79 Å². The average molecular weight is 406 g/mol. The van der Waals surface area contributed by atoms with E-state index in [4.69, 9.17) is 9.15 Å². The maximum atomic E-state index is 11.7. The van der Waals surface area contributed by atoms with E-state index in [0.717, 1.165) is 9.53 Å². The van der Waals surface area contributed by atoms with E-state index in [1.54, 1.807) is 0 Å². The van der Waals surface area contributed by atoms with Crippen LogP contribution in [0.5, 0.6) is 0 Å². The van der Waals surface area contributed by atoms with Crippen LogP contribution in [0.25, 0.3) is 0 Å². The number of carbonyl (C=O) groups excluding carboxylic acids is 1. The van der Waals surface area contributed by atoms with Gasteiger partial charge in [0.1, 0.15) is 11.4 Å². The smallest absolute Gasteiger partial charge is 0.407 e. The summed E-state index contributed by atoms with van der Waals surface area (Å²) in [5, 5.41) is 6.31. The van der Waals surface area contributed by atoms with Gasteiger partial charge in [0.25, 0.3) is 0 Å². The molecule has 1 aromatic heterocycles. The summed E-state index contributed by atoms with van der Waals surface area (Å²) >= 11 is 2.15. The number of rotatable bonds is 6. The van der Waals surface area contributed by atoms with Crippen LogP contribution in [0.15, 0.2) is 16.5 Å². The Morgan fingerprint density at radius 3 is 2.71 bits per heavy atom. The molecule has 0 spiro atoms. The third-order valence-electron chi connectivity index (χ3n) is 3.22. The third-order valence-corrected chi connectivity index (χ3v) is 3.80. The topological polar surface area (TPSA) is 63.5 Å². The number of hydrogen-bond acceptors (Lipinski definition) is 4. The minimum Gasteiger partial charge on any atom is -0.454 e. The van der Waals surface area contributed by atoms with E-state index in [2.05, 4.69) is 33.2 Å². The summed E-state index contributed by atoms with van der Waals surface area (Å²) in [7, 11) is 0. The molecular weight excluding hydrogens is 383 g/mol. The first-order chi connectivity index (χ1) is 9.83. The van der Waals surface area contributed by atoms with Gasteiger partial charge in [-0.3, -0.25) is 0 Å². The second kappa shape index (κ2) is 7.00. The van der Waals surface area contributed by atoms with Gasteiger partial charge in [-0.05, 0) is 74.3 Å². The van der Waals surface area contributed by atoms with E-state index < -0.39 is 5.60 Å². The molecule has 1 aliphatic carbocycles. The lowest BCUT2D eigenvalue weighted by atomic mass is 10.2. The molecule has 1 fully saturated rings. The molecule has 1 aromatic rings. The fraction of sp³-hybridized carbons (Fsp3) is 0.667. The van der Waals surface area contributed by atoms with Gasteiger partial charge in [-0.15, -0.1) is 0 Å². The number of hydrogen-bond donors (Lipinski definition) is 2. The molecule has 1 saturated carbocycles. The summed E-state index contributed by atoms with van der Waals surface area (Å²) in [5.41, 5.74) is -0.461. The van der Waals surface area contributed by atoms with Crippen LogP contribution in [0.2, 0.25) is 0 Å². The van der Waals surface area contributed by atoms with Crippen molar-refractivity contribution in [3.05, 3.63) is 21.7 Å². The van der Waals surface area contributed by atoms with Gasteiger partial charge in [-0.2, -0.15) is 0 Å². The molecule has 0 aromatic carbocycles. The molecule has 0 radical (unpaired) electrons. The lowest BCUT2D eigenvalue weighted by Crippen LogP contribution is -2.43. The Kier molecular flexibility index (Phi) is 5.54. The zero-order chi connectivity index (χ0) is 15.5. The van der Waals surface area contributed by atoms with E-state index >= 15 is 0 Å². The monoisotopic (exact) mass is 406 g/mol. The fourth-order valence-corrected chi connectivity index (χ4v) is 2.55. The van der Waals surface area contributed by atoms with Crippen LogP contribution < -0.4 is 10.6 Å². The molecule has 1 amide bonds. The number of furan rings is 1. The number of carbonyl (C=O) groups is 1. The van der Waals surface area contributed by atoms with Gasteiger partial charge in [0.15, 0.2) is 3.77 Å². The quantitative estimate of drug-likeness (QED) is 0.712. The Bertz CT molecular complexity index is 478. The normalized spacial score (nSPS) is 16.6. The highest BCUT2D eigenvalue weighted by Crippen LogP contribution is 2.32. The Morgan fingerprint density at radius 1 is 1.48 bits per heavy atom. The van der Waals surface area contributed by atoms with Crippen LogP contribution in [0.3, 0.4) is 0 Å². The molecule has 21 heavy (non-hydrogen) atoms. The zero-order valence-electron chi connectivity index (χ0n) is 12.7. The van der Waals surface area contributed by atoms with E-state index in [9.17, 15) is 4.79 Å². The molecule has 5 nitrogen and oxygen atoms in total. The number of halogens is 1. The Labute approximate surface area is 139 Å². The first kappa shape index (κ1) is 16.6. The summed E-state index contributed by atoms with van der Waals surface area (Å²) in [6.07, 6.45) is 2.06. The molecule has 1 heterocycles. The SMILES string of the molecule is CC(C)(C)OC(=O)NCC(NCc1ccc(I)o1)C1CC1. The van der Waals surface area contributed by atoms with Gasteiger partial charge >= 0.3 is 6.09 Å². The third kappa shape index (κ3) is 6.25. The van der Waals surface area contributed by atoms with Crippen LogP contribution in [-0.2, 0) is 11.3 Å². The van der Waals surface area contributed by atoms with Crippen molar-refractivity contribution in [3.63, 3.8) is 0 Å². The van der Waals surface area contributed by atoms with Crippen molar-refractivity contribution in [1.82, 2.24) is 10.6 Å². The lowest BCUT2D eigenvalue weighted by molar-refractivity contribution is 0.0521. The van der Waals surface area contributed by atoms with Crippen molar-refractivity contribution in [1.29, 1.82) is 0 Å². The fourth-order valence-electron chi connectivity index (χ4n) is 2.09. The first-order valence-electron chi connectivity index (χ1n) is 7.28. The average Bonchev–Trinajstić information content (AvgIpc) is 3.10. The van der Waals surface area contributed by atoms with Crippen molar-refractivity contribution in [3.8, 4) is 0 Å². The molecule has 1 aliphatic rings. The van der Waals surface area contributed by atoms with Crippen molar-refractivity contribution >= 4 is 28.7 Å². The van der Waals surface area contributed by atoms with Gasteiger partial charge in [-0.1, -0.05) is 0 Å². The summed E-state index contributed by atoms with van der Waals surface area (Å²) < 4.78 is 11.7. The van der Waals surface area contributed by atoms with Gasteiger partial charge in [0.2, 0.25) is 0 Å². The van der Waals surface area contributed by atoms with Crippen molar-refractivity contribution in [2.24, 2.45) is 5.92 Å². The summed E-state index contributed by atoms with van der Waals surface area (Å²) in [6, 6.07) is 4.18. The van der Waals surface area contributed by atoms with E-state index in [-0.39, 0.29) is 12.1 Å². The molecule has 1 unspecified atom stereocenters. The minimum absolute atomic E-state index is 0.264. The van der Waals surface area contributed by atoms with Crippen molar-refractivity contribution < 1.29 is 13.9 Å². The Hall–Kier alpha value is -0.760. The summed E-state index contributed by atoms with van der Waals surface area (Å²) in [4.78, 5) is 11.7. The first-order valence-corrected chi connectivity index (χ1v) is 8.36. The molecular formula is C15H23IN2O3. The molecule has 2 rings (SSSR count). The zero-order valence-corrected chi connectivity index (χ0v) is 14.9.